The van der Waals surface area contributed by atoms with Crippen molar-refractivity contribution in [1.82, 2.24) is 5.32 Å². The molecule has 2 fully saturated rings. The molecule has 3 rings (SSSR count). The van der Waals surface area contributed by atoms with E-state index in [0.717, 1.165) is 49.7 Å². The zero-order chi connectivity index (χ0) is 38.1. The first kappa shape index (κ1) is 43.4. The van der Waals surface area contributed by atoms with Gasteiger partial charge in [-0.05, 0) is 102 Å². The zero-order valence-electron chi connectivity index (χ0n) is 33.8. The van der Waals surface area contributed by atoms with Crippen molar-refractivity contribution in [3.8, 4) is 0 Å². The molecule has 290 valence electrons. The molecule has 3 aliphatic heterocycles. The minimum Gasteiger partial charge on any atom is -0.393 e. The summed E-state index contributed by atoms with van der Waals surface area (Å²) >= 11 is 0. The fourth-order valence-corrected chi connectivity index (χ4v) is 8.29. The first-order chi connectivity index (χ1) is 23.9. The van der Waals surface area contributed by atoms with Gasteiger partial charge in [0.15, 0.2) is 5.72 Å². The van der Waals surface area contributed by atoms with Crippen LogP contribution in [0.5, 0.6) is 0 Å². The Bertz CT molecular complexity index is 1260. The highest BCUT2D eigenvalue weighted by Gasteiger charge is 2.50. The third kappa shape index (κ3) is 11.7. The molecule has 12 atom stereocenters. The van der Waals surface area contributed by atoms with Gasteiger partial charge in [-0.3, -0.25) is 4.79 Å². The smallest absolute Gasteiger partial charge is 0.225 e. The molecule has 4 N–H and O–H groups in total. The van der Waals surface area contributed by atoms with Crippen LogP contribution in [0.15, 0.2) is 59.8 Å². The summed E-state index contributed by atoms with van der Waals surface area (Å²) in [5.41, 5.74) is 0.998. The summed E-state index contributed by atoms with van der Waals surface area (Å²) in [6, 6.07) is 0. The van der Waals surface area contributed by atoms with Gasteiger partial charge in [-0.2, -0.15) is 0 Å². The average molecular weight is 712 g/mol. The number of piperidine rings is 1. The molecule has 0 aliphatic carbocycles. The summed E-state index contributed by atoms with van der Waals surface area (Å²) in [7, 11) is 0. The second-order valence-corrected chi connectivity index (χ2v) is 17.2. The lowest BCUT2D eigenvalue weighted by Gasteiger charge is -2.51. The van der Waals surface area contributed by atoms with Crippen LogP contribution >= 0.6 is 0 Å². The summed E-state index contributed by atoms with van der Waals surface area (Å²) < 4.78 is 13.2. The maximum absolute atomic E-state index is 12.8. The van der Waals surface area contributed by atoms with E-state index in [9.17, 15) is 20.1 Å². The van der Waals surface area contributed by atoms with Gasteiger partial charge in [-0.25, -0.2) is 0 Å². The summed E-state index contributed by atoms with van der Waals surface area (Å²) in [5.74, 6) is 1.42. The second-order valence-electron chi connectivity index (χ2n) is 17.2. The molecule has 1 spiro atoms. The minimum absolute atomic E-state index is 0.0102. The van der Waals surface area contributed by atoms with Crippen LogP contribution in [-0.4, -0.2) is 63.1 Å². The fraction of sp³-hybridized carbons (Fsp3) is 0.750. The third-order valence-electron chi connectivity index (χ3n) is 12.3. The van der Waals surface area contributed by atoms with E-state index in [-0.39, 0.29) is 53.3 Å². The van der Waals surface area contributed by atoms with Crippen molar-refractivity contribution in [2.45, 2.75) is 169 Å². The lowest BCUT2D eigenvalue weighted by Crippen LogP contribution is -2.64. The van der Waals surface area contributed by atoms with Crippen LogP contribution in [0.3, 0.4) is 0 Å². The monoisotopic (exact) mass is 712 g/mol. The number of rotatable bonds is 16. The Kier molecular flexibility index (Phi) is 16.5. The maximum atomic E-state index is 12.8. The number of nitrogens with one attached hydrogen (secondary N) is 1. The summed E-state index contributed by atoms with van der Waals surface area (Å²) in [6.07, 6.45) is 20.4. The van der Waals surface area contributed by atoms with Gasteiger partial charge in [0, 0.05) is 30.1 Å². The normalized spacial score (nSPS) is 33.5. The Balaban J connectivity index is 1.42. The molecule has 51 heavy (non-hydrogen) atoms. The third-order valence-corrected chi connectivity index (χ3v) is 12.3. The molecule has 3 heterocycles. The number of amides is 1. The molecular weight excluding hydrogens is 638 g/mol. The first-order valence-corrected chi connectivity index (χ1v) is 20.0. The molecule has 7 nitrogen and oxygen atoms in total. The Morgan fingerprint density at radius 1 is 1.06 bits per heavy atom. The van der Waals surface area contributed by atoms with Crippen molar-refractivity contribution in [2.24, 2.45) is 41.4 Å². The highest BCUT2D eigenvalue weighted by molar-refractivity contribution is 5.81. The van der Waals surface area contributed by atoms with Crippen LogP contribution < -0.4 is 5.32 Å². The Labute approximate surface area is 310 Å². The number of hydrogen-bond acceptors (Lipinski definition) is 6. The van der Waals surface area contributed by atoms with E-state index < -0.39 is 24.0 Å². The number of aliphatic hydroxyl groups excluding tert-OH is 3. The highest BCUT2D eigenvalue weighted by Crippen LogP contribution is 2.43. The van der Waals surface area contributed by atoms with Crippen LogP contribution in [0.25, 0.3) is 0 Å². The summed E-state index contributed by atoms with van der Waals surface area (Å²) in [6.45, 7) is 23.3. The van der Waals surface area contributed by atoms with Crippen LogP contribution in [0.4, 0.5) is 0 Å². The minimum atomic E-state index is -0.784. The number of allylic oxidation sites excluding steroid dienone is 5. The van der Waals surface area contributed by atoms with Gasteiger partial charge < -0.3 is 30.1 Å². The van der Waals surface area contributed by atoms with Gasteiger partial charge in [0.1, 0.15) is 0 Å². The molecule has 0 saturated carbocycles. The number of carbonyl (C=O) groups excluding carboxylic acids is 1. The number of hydrogen-bond donors (Lipinski definition) is 4. The SMILES string of the molecule is CCC1CC(C)C2(NC1=O)OC(CC(O)C(C)CC/C=C/C=C(\C)C(O)C/C=C/C=C/C(O)C(C)C1OC(C)(C)CCC1C(C)C)C(C)C=C2C. The van der Waals surface area contributed by atoms with Gasteiger partial charge in [-0.15, -0.1) is 0 Å². The average Bonchev–Trinajstić information content (AvgIpc) is 3.06. The number of ether oxygens (including phenoxy) is 2. The number of aliphatic hydroxyl groups is 3. The standard InChI is InChI=1S/C44H73NO6/c1-12-35-26-33(8)44(45-42(35)49)32(7)25-31(6)40(50-44)27-39(48)30(5)20-16-13-15-19-29(4)37(46)21-17-14-18-22-38(47)34(9)41-36(28(2)3)23-24-43(10,11)51-41/h13-15,17-19,22,25,28,30-31,33-41,46-48H,12,16,20-21,23-24,26-27H2,1-11H3,(H,45,49)/b15-13+,17-14+,22-18+,29-19+. The Morgan fingerprint density at radius 2 is 1.76 bits per heavy atom. The molecule has 2 saturated heterocycles. The number of carbonyl (C=O) groups is 1. The van der Waals surface area contributed by atoms with Crippen LogP contribution in [-0.2, 0) is 14.3 Å². The van der Waals surface area contributed by atoms with Crippen molar-refractivity contribution < 1.29 is 29.6 Å². The van der Waals surface area contributed by atoms with E-state index in [0.29, 0.717) is 24.7 Å². The van der Waals surface area contributed by atoms with Crippen molar-refractivity contribution in [2.75, 3.05) is 0 Å². The van der Waals surface area contributed by atoms with E-state index in [1.54, 1.807) is 0 Å². The fourth-order valence-electron chi connectivity index (χ4n) is 8.29. The Hall–Kier alpha value is -2.03. The van der Waals surface area contributed by atoms with Crippen molar-refractivity contribution in [1.29, 1.82) is 0 Å². The zero-order valence-corrected chi connectivity index (χ0v) is 33.8. The molecule has 0 aromatic heterocycles. The van der Waals surface area contributed by atoms with Gasteiger partial charge in [-0.1, -0.05) is 97.1 Å². The lowest BCUT2D eigenvalue weighted by atomic mass is 9.75. The van der Waals surface area contributed by atoms with E-state index in [1.165, 1.54) is 0 Å². The molecule has 1 amide bonds. The van der Waals surface area contributed by atoms with E-state index in [2.05, 4.69) is 86.7 Å². The maximum Gasteiger partial charge on any atom is 0.225 e. The molecule has 0 aromatic rings. The molecule has 0 aromatic carbocycles. The largest absolute Gasteiger partial charge is 0.393 e. The molecule has 0 bridgehead atoms. The molecule has 3 aliphatic rings. The molecule has 12 unspecified atom stereocenters. The quantitative estimate of drug-likeness (QED) is 0.0944. The predicted molar refractivity (Wildman–Crippen MR) is 209 cm³/mol. The van der Waals surface area contributed by atoms with Crippen LogP contribution in [0, 0.1) is 41.4 Å². The molecular formula is C44H73NO6. The van der Waals surface area contributed by atoms with Crippen LogP contribution in [0.2, 0.25) is 0 Å². The van der Waals surface area contributed by atoms with Crippen molar-refractivity contribution in [3.63, 3.8) is 0 Å². The highest BCUT2D eigenvalue weighted by atomic mass is 16.5. The van der Waals surface area contributed by atoms with Gasteiger partial charge in [0.05, 0.1) is 36.1 Å². The topological polar surface area (TPSA) is 108 Å². The van der Waals surface area contributed by atoms with E-state index in [4.69, 9.17) is 9.47 Å². The summed E-state index contributed by atoms with van der Waals surface area (Å²) in [5, 5.41) is 36.0. The van der Waals surface area contributed by atoms with Crippen molar-refractivity contribution >= 4 is 5.91 Å². The summed E-state index contributed by atoms with van der Waals surface area (Å²) in [4.78, 5) is 12.8. The Morgan fingerprint density at radius 3 is 2.43 bits per heavy atom. The van der Waals surface area contributed by atoms with Gasteiger partial charge in [0.2, 0.25) is 5.91 Å². The second kappa shape index (κ2) is 19.3. The lowest BCUT2D eigenvalue weighted by molar-refractivity contribution is -0.179. The predicted octanol–water partition coefficient (Wildman–Crippen LogP) is 8.61. The molecule has 7 heteroatoms. The van der Waals surface area contributed by atoms with Gasteiger partial charge in [0.25, 0.3) is 0 Å². The first-order valence-electron chi connectivity index (χ1n) is 20.0. The van der Waals surface area contributed by atoms with Crippen molar-refractivity contribution in [3.05, 3.63) is 59.8 Å². The van der Waals surface area contributed by atoms with E-state index >= 15 is 0 Å². The van der Waals surface area contributed by atoms with E-state index in [1.807, 2.05) is 43.4 Å². The van der Waals surface area contributed by atoms with Gasteiger partial charge >= 0.3 is 0 Å². The molecule has 0 radical (unpaired) electrons. The van der Waals surface area contributed by atoms with Crippen LogP contribution in [0.1, 0.15) is 128 Å².